The van der Waals surface area contributed by atoms with Crippen LogP contribution in [-0.4, -0.2) is 29.6 Å². The minimum Gasteiger partial charge on any atom is -0.481 e. The second-order valence-electron chi connectivity index (χ2n) is 6.38. The lowest BCUT2D eigenvalue weighted by atomic mass is 9.85. The lowest BCUT2D eigenvalue weighted by molar-refractivity contribution is -0.248. The van der Waals surface area contributed by atoms with Gasteiger partial charge in [0.15, 0.2) is 0 Å². The molecule has 9 heteroatoms. The summed E-state index contributed by atoms with van der Waals surface area (Å²) in [5.41, 5.74) is -3.43. The van der Waals surface area contributed by atoms with Crippen molar-refractivity contribution in [3.8, 4) is 5.88 Å². The first-order valence-corrected chi connectivity index (χ1v) is 8.66. The van der Waals surface area contributed by atoms with Gasteiger partial charge in [0.05, 0.1) is 7.11 Å². The number of halogens is 4. The van der Waals surface area contributed by atoms with E-state index >= 15 is 0 Å². The van der Waals surface area contributed by atoms with E-state index in [1.807, 2.05) is 0 Å². The minimum atomic E-state index is -5.06. The molecule has 1 aromatic heterocycles. The summed E-state index contributed by atoms with van der Waals surface area (Å²) in [7, 11) is 1.32. The maximum atomic E-state index is 14.0. The molecule has 0 aliphatic heterocycles. The SMILES string of the molecule is COc1ccc(C(O)(c2ccc(Nc3ccc(F)cc3)c(C=N)c2)C(F)(F)F)cn1. The van der Waals surface area contributed by atoms with Crippen LogP contribution in [0, 0.1) is 11.2 Å². The van der Waals surface area contributed by atoms with Gasteiger partial charge >= 0.3 is 6.18 Å². The van der Waals surface area contributed by atoms with Gasteiger partial charge in [0, 0.05) is 41.0 Å². The van der Waals surface area contributed by atoms with E-state index in [1.54, 1.807) is 0 Å². The second-order valence-corrected chi connectivity index (χ2v) is 6.38. The first-order chi connectivity index (χ1) is 14.2. The summed E-state index contributed by atoms with van der Waals surface area (Å²) in [4.78, 5) is 3.76. The van der Waals surface area contributed by atoms with Crippen LogP contribution in [0.5, 0.6) is 5.88 Å². The molecule has 2 aromatic carbocycles. The van der Waals surface area contributed by atoms with Crippen LogP contribution in [0.2, 0.25) is 0 Å². The molecular weight excluding hydrogens is 402 g/mol. The maximum absolute atomic E-state index is 14.0. The van der Waals surface area contributed by atoms with Crippen molar-refractivity contribution in [2.75, 3.05) is 12.4 Å². The highest BCUT2D eigenvalue weighted by Gasteiger charge is 2.56. The summed E-state index contributed by atoms with van der Waals surface area (Å²) < 4.78 is 59.8. The molecule has 0 bridgehead atoms. The zero-order chi connectivity index (χ0) is 21.9. The molecule has 3 N–H and O–H groups in total. The van der Waals surface area contributed by atoms with Crippen LogP contribution < -0.4 is 10.1 Å². The summed E-state index contributed by atoms with van der Waals surface area (Å²) in [6, 6.07) is 11.1. The number of hydrogen-bond acceptors (Lipinski definition) is 5. The van der Waals surface area contributed by atoms with Crippen molar-refractivity contribution in [3.63, 3.8) is 0 Å². The number of aliphatic hydroxyl groups is 1. The molecule has 0 spiro atoms. The molecule has 0 saturated carbocycles. The number of alkyl halides is 3. The smallest absolute Gasteiger partial charge is 0.425 e. The Morgan fingerprint density at radius 3 is 2.23 bits per heavy atom. The summed E-state index contributed by atoms with van der Waals surface area (Å²) in [6.45, 7) is 0. The fraction of sp³-hybridized carbons (Fsp3) is 0.143. The molecule has 1 heterocycles. The van der Waals surface area contributed by atoms with Crippen molar-refractivity contribution >= 4 is 17.6 Å². The van der Waals surface area contributed by atoms with Gasteiger partial charge < -0.3 is 20.6 Å². The van der Waals surface area contributed by atoms with E-state index in [4.69, 9.17) is 10.1 Å². The van der Waals surface area contributed by atoms with Crippen LogP contribution in [0.4, 0.5) is 28.9 Å². The van der Waals surface area contributed by atoms with Gasteiger partial charge in [-0.1, -0.05) is 6.07 Å². The van der Waals surface area contributed by atoms with Crippen LogP contribution in [-0.2, 0) is 5.60 Å². The van der Waals surface area contributed by atoms with Crippen LogP contribution in [0.1, 0.15) is 16.7 Å². The van der Waals surface area contributed by atoms with E-state index in [0.29, 0.717) is 11.4 Å². The van der Waals surface area contributed by atoms with E-state index in [9.17, 15) is 22.7 Å². The monoisotopic (exact) mass is 419 g/mol. The first-order valence-electron chi connectivity index (χ1n) is 8.66. The van der Waals surface area contributed by atoms with Gasteiger partial charge in [0.25, 0.3) is 0 Å². The fourth-order valence-electron chi connectivity index (χ4n) is 2.92. The number of ether oxygens (including phenoxy) is 1. The molecule has 0 aliphatic rings. The van der Waals surface area contributed by atoms with Crippen molar-refractivity contribution in [2.45, 2.75) is 11.8 Å². The number of nitrogens with zero attached hydrogens (tertiary/aromatic N) is 1. The van der Waals surface area contributed by atoms with E-state index < -0.39 is 28.7 Å². The van der Waals surface area contributed by atoms with Gasteiger partial charge in [0.1, 0.15) is 5.82 Å². The van der Waals surface area contributed by atoms with Crippen molar-refractivity contribution in [2.24, 2.45) is 0 Å². The number of nitrogens with one attached hydrogen (secondary N) is 2. The fourth-order valence-corrected chi connectivity index (χ4v) is 2.92. The third-order valence-electron chi connectivity index (χ3n) is 4.52. The number of aromatic nitrogens is 1. The molecule has 3 aromatic rings. The lowest BCUT2D eigenvalue weighted by Crippen LogP contribution is -2.43. The molecule has 1 atom stereocenters. The van der Waals surface area contributed by atoms with Crippen LogP contribution >= 0.6 is 0 Å². The molecule has 0 fully saturated rings. The Hall–Kier alpha value is -3.46. The van der Waals surface area contributed by atoms with Crippen LogP contribution in [0.25, 0.3) is 0 Å². The molecule has 3 rings (SSSR count). The van der Waals surface area contributed by atoms with Gasteiger partial charge in [-0.05, 0) is 48.0 Å². The van der Waals surface area contributed by atoms with Crippen molar-refractivity contribution < 1.29 is 27.4 Å². The number of pyridine rings is 1. The van der Waals surface area contributed by atoms with E-state index in [2.05, 4.69) is 10.3 Å². The highest BCUT2D eigenvalue weighted by Crippen LogP contribution is 2.45. The number of benzene rings is 2. The number of methoxy groups -OCH3 is 1. The highest BCUT2D eigenvalue weighted by molar-refractivity contribution is 5.88. The molecule has 5 nitrogen and oxygen atoms in total. The molecule has 0 radical (unpaired) electrons. The number of hydrogen-bond donors (Lipinski definition) is 3. The van der Waals surface area contributed by atoms with Gasteiger partial charge in [0.2, 0.25) is 11.5 Å². The van der Waals surface area contributed by atoms with E-state index in [0.717, 1.165) is 30.6 Å². The average molecular weight is 419 g/mol. The Kier molecular flexibility index (Phi) is 5.75. The summed E-state index contributed by atoms with van der Waals surface area (Å²) >= 11 is 0. The van der Waals surface area contributed by atoms with Crippen LogP contribution in [0.3, 0.4) is 0 Å². The Labute approximate surface area is 169 Å². The van der Waals surface area contributed by atoms with Crippen molar-refractivity contribution in [1.82, 2.24) is 4.98 Å². The molecule has 0 amide bonds. The Bertz CT molecular complexity index is 1040. The van der Waals surface area contributed by atoms with E-state index in [1.165, 1.54) is 43.5 Å². The second kappa shape index (κ2) is 8.11. The Balaban J connectivity index is 2.06. The molecule has 1 unspecified atom stereocenters. The normalized spacial score (nSPS) is 13.4. The van der Waals surface area contributed by atoms with Gasteiger partial charge in [-0.3, -0.25) is 0 Å². The van der Waals surface area contributed by atoms with E-state index in [-0.39, 0.29) is 11.4 Å². The zero-order valence-corrected chi connectivity index (χ0v) is 15.7. The maximum Gasteiger partial charge on any atom is 0.425 e. The minimum absolute atomic E-state index is 0.0981. The third-order valence-corrected chi connectivity index (χ3v) is 4.52. The van der Waals surface area contributed by atoms with Gasteiger partial charge in [-0.2, -0.15) is 13.2 Å². The molecule has 30 heavy (non-hydrogen) atoms. The third kappa shape index (κ3) is 3.97. The number of rotatable bonds is 6. The molecular formula is C21H17F4N3O2. The summed E-state index contributed by atoms with van der Waals surface area (Å²) in [5.74, 6) is -0.339. The van der Waals surface area contributed by atoms with Gasteiger partial charge in [-0.25, -0.2) is 9.37 Å². The molecule has 0 aliphatic carbocycles. The Morgan fingerprint density at radius 2 is 1.70 bits per heavy atom. The quantitative estimate of drug-likeness (QED) is 0.397. The average Bonchev–Trinajstić information content (AvgIpc) is 2.74. The summed E-state index contributed by atoms with van der Waals surface area (Å²) in [6.07, 6.45) is -3.31. The Morgan fingerprint density at radius 1 is 1.03 bits per heavy atom. The van der Waals surface area contributed by atoms with Crippen molar-refractivity contribution in [3.05, 3.63) is 83.3 Å². The van der Waals surface area contributed by atoms with Gasteiger partial charge in [-0.15, -0.1) is 0 Å². The highest BCUT2D eigenvalue weighted by atomic mass is 19.4. The zero-order valence-electron chi connectivity index (χ0n) is 15.7. The largest absolute Gasteiger partial charge is 0.481 e. The predicted octanol–water partition coefficient (Wildman–Crippen LogP) is 4.77. The predicted molar refractivity (Wildman–Crippen MR) is 104 cm³/mol. The summed E-state index contributed by atoms with van der Waals surface area (Å²) in [5, 5.41) is 21.2. The first kappa shape index (κ1) is 21.3. The van der Waals surface area contributed by atoms with Crippen molar-refractivity contribution in [1.29, 1.82) is 5.41 Å². The molecule has 0 saturated heterocycles. The number of anilines is 2. The topological polar surface area (TPSA) is 78.2 Å². The molecule has 156 valence electrons. The standard InChI is InChI=1S/C21H17F4N3O2/c1-30-19-9-3-15(12-27-19)20(29,21(23,24)25)14-2-8-18(13(10-14)11-26)28-17-6-4-16(22)5-7-17/h2-12,26,28-29H,1H3. The van der Waals surface area contributed by atoms with Crippen LogP contribution in [0.15, 0.2) is 60.8 Å². The lowest BCUT2D eigenvalue weighted by Gasteiger charge is -2.31.